The Balaban J connectivity index is 1.75. The summed E-state index contributed by atoms with van der Waals surface area (Å²) in [5.74, 6) is -2.09. The molecular formula is C23H24N4O7. The van der Waals surface area contributed by atoms with Gasteiger partial charge in [-0.3, -0.25) is 9.59 Å². The second kappa shape index (κ2) is 11.0. The van der Waals surface area contributed by atoms with Crippen LogP contribution in [0.5, 0.6) is 17.2 Å². The molecule has 3 rings (SSSR count). The van der Waals surface area contributed by atoms with Gasteiger partial charge >= 0.3 is 5.97 Å². The van der Waals surface area contributed by atoms with E-state index in [9.17, 15) is 19.5 Å². The predicted molar refractivity (Wildman–Crippen MR) is 120 cm³/mol. The van der Waals surface area contributed by atoms with Gasteiger partial charge in [-0.25, -0.2) is 9.78 Å². The highest BCUT2D eigenvalue weighted by atomic mass is 16.5. The van der Waals surface area contributed by atoms with Crippen LogP contribution in [0.3, 0.4) is 0 Å². The number of rotatable bonds is 9. The number of para-hydroxylation sites is 1. The van der Waals surface area contributed by atoms with Crippen molar-refractivity contribution in [2.24, 2.45) is 5.73 Å². The number of H-pyrrole nitrogens is 1. The van der Waals surface area contributed by atoms with Crippen LogP contribution in [0.4, 0.5) is 0 Å². The summed E-state index contributed by atoms with van der Waals surface area (Å²) in [6.45, 7) is -0.0565. The first-order valence-electron chi connectivity index (χ1n) is 10.1. The molecule has 0 spiro atoms. The highest BCUT2D eigenvalue weighted by molar-refractivity contribution is 5.94. The highest BCUT2D eigenvalue weighted by Crippen LogP contribution is 2.30. The first kappa shape index (κ1) is 24.3. The van der Waals surface area contributed by atoms with Crippen LogP contribution >= 0.6 is 0 Å². The van der Waals surface area contributed by atoms with Crippen LogP contribution in [0.1, 0.15) is 33.5 Å². The van der Waals surface area contributed by atoms with E-state index in [2.05, 4.69) is 15.3 Å². The molecule has 178 valence electrons. The second-order valence-electron chi connectivity index (χ2n) is 7.05. The first-order chi connectivity index (χ1) is 16.3. The van der Waals surface area contributed by atoms with E-state index in [0.29, 0.717) is 17.1 Å². The maximum atomic E-state index is 12.7. The van der Waals surface area contributed by atoms with Crippen molar-refractivity contribution in [1.82, 2.24) is 15.3 Å². The topological polar surface area (TPSA) is 166 Å². The van der Waals surface area contributed by atoms with Gasteiger partial charge in [0, 0.05) is 12.1 Å². The Bertz CT molecular complexity index is 1230. The van der Waals surface area contributed by atoms with Crippen LogP contribution in [0, 0.1) is 0 Å². The number of nitrogens with one attached hydrogen (secondary N) is 2. The lowest BCUT2D eigenvalue weighted by atomic mass is 10.1. The van der Waals surface area contributed by atoms with Gasteiger partial charge in [-0.15, -0.1) is 0 Å². The van der Waals surface area contributed by atoms with Crippen molar-refractivity contribution in [2.75, 3.05) is 14.2 Å². The molecule has 0 aliphatic rings. The third-order valence-electron chi connectivity index (χ3n) is 4.82. The SMILES string of the molecule is COc1cccc(CNC(=O)c2nc(C(N)C(=O)OCc3ccccc3)[nH]c(=O)c2O)c1OC. The zero-order valence-corrected chi connectivity index (χ0v) is 18.5. The lowest BCUT2D eigenvalue weighted by Gasteiger charge is -2.14. The average molecular weight is 468 g/mol. The molecule has 1 amide bonds. The Hall–Kier alpha value is -4.38. The molecule has 11 nitrogen and oxygen atoms in total. The van der Waals surface area contributed by atoms with E-state index in [0.717, 1.165) is 5.56 Å². The van der Waals surface area contributed by atoms with Crippen LogP contribution < -0.4 is 26.1 Å². The van der Waals surface area contributed by atoms with E-state index < -0.39 is 34.9 Å². The van der Waals surface area contributed by atoms with Gasteiger partial charge in [-0.2, -0.15) is 0 Å². The quantitative estimate of drug-likeness (QED) is 0.337. The van der Waals surface area contributed by atoms with Crippen molar-refractivity contribution < 1.29 is 28.9 Å². The number of methoxy groups -OCH3 is 2. The first-order valence-corrected chi connectivity index (χ1v) is 10.1. The molecule has 2 aromatic carbocycles. The average Bonchev–Trinajstić information content (AvgIpc) is 2.86. The largest absolute Gasteiger partial charge is 0.501 e. The summed E-state index contributed by atoms with van der Waals surface area (Å²) >= 11 is 0. The maximum absolute atomic E-state index is 12.7. The Kier molecular flexibility index (Phi) is 7.83. The minimum absolute atomic E-state index is 0.0202. The number of aromatic hydroxyl groups is 1. The van der Waals surface area contributed by atoms with E-state index in [1.165, 1.54) is 14.2 Å². The number of carbonyl (C=O) groups is 2. The number of esters is 1. The molecule has 0 aliphatic heterocycles. The molecule has 3 aromatic rings. The molecule has 0 radical (unpaired) electrons. The van der Waals surface area contributed by atoms with Gasteiger partial charge in [0.05, 0.1) is 14.2 Å². The number of hydrogen-bond donors (Lipinski definition) is 4. The van der Waals surface area contributed by atoms with Crippen molar-refractivity contribution >= 4 is 11.9 Å². The van der Waals surface area contributed by atoms with E-state index in [4.69, 9.17) is 19.9 Å². The number of benzene rings is 2. The van der Waals surface area contributed by atoms with Gasteiger partial charge in [0.1, 0.15) is 12.4 Å². The van der Waals surface area contributed by atoms with Crippen molar-refractivity contribution in [1.29, 1.82) is 0 Å². The van der Waals surface area contributed by atoms with Crippen LogP contribution in [-0.4, -0.2) is 41.2 Å². The van der Waals surface area contributed by atoms with Crippen LogP contribution in [0.2, 0.25) is 0 Å². The predicted octanol–water partition coefficient (Wildman–Crippen LogP) is 1.17. The summed E-state index contributed by atoms with van der Waals surface area (Å²) in [6, 6.07) is 12.5. The molecule has 0 saturated heterocycles. The minimum Gasteiger partial charge on any atom is -0.501 e. The zero-order valence-electron chi connectivity index (χ0n) is 18.5. The summed E-state index contributed by atoms with van der Waals surface area (Å²) < 4.78 is 15.7. The molecular weight excluding hydrogens is 444 g/mol. The fourth-order valence-corrected chi connectivity index (χ4v) is 3.07. The number of aromatic nitrogens is 2. The van der Waals surface area contributed by atoms with Crippen molar-refractivity contribution in [3.63, 3.8) is 0 Å². The summed E-state index contributed by atoms with van der Waals surface area (Å²) in [6.07, 6.45) is 0. The van der Waals surface area contributed by atoms with Crippen LogP contribution in [0.25, 0.3) is 0 Å². The van der Waals surface area contributed by atoms with Gasteiger partial charge in [0.25, 0.3) is 11.5 Å². The molecule has 1 atom stereocenters. The fourth-order valence-electron chi connectivity index (χ4n) is 3.07. The van der Waals surface area contributed by atoms with Gasteiger partial charge in [0.2, 0.25) is 5.75 Å². The zero-order chi connectivity index (χ0) is 24.7. The lowest BCUT2D eigenvalue weighted by molar-refractivity contribution is -0.146. The van der Waals surface area contributed by atoms with E-state index in [1.54, 1.807) is 42.5 Å². The summed E-state index contributed by atoms with van der Waals surface area (Å²) in [5.41, 5.74) is 5.58. The lowest BCUT2D eigenvalue weighted by Crippen LogP contribution is -2.31. The summed E-state index contributed by atoms with van der Waals surface area (Å²) in [5, 5.41) is 12.6. The Labute approximate surface area is 194 Å². The summed E-state index contributed by atoms with van der Waals surface area (Å²) in [4.78, 5) is 43.3. The van der Waals surface area contributed by atoms with Crippen molar-refractivity contribution in [3.8, 4) is 17.2 Å². The van der Waals surface area contributed by atoms with Crippen molar-refractivity contribution in [3.05, 3.63) is 81.5 Å². The van der Waals surface area contributed by atoms with Gasteiger partial charge in [0.15, 0.2) is 23.2 Å². The normalized spacial score (nSPS) is 11.4. The van der Waals surface area contributed by atoms with E-state index in [-0.39, 0.29) is 19.0 Å². The van der Waals surface area contributed by atoms with Gasteiger partial charge in [-0.1, -0.05) is 42.5 Å². The number of ether oxygens (including phenoxy) is 3. The molecule has 34 heavy (non-hydrogen) atoms. The molecule has 11 heteroatoms. The number of nitrogens with two attached hydrogens (primary N) is 1. The molecule has 0 bridgehead atoms. The molecule has 1 heterocycles. The second-order valence-corrected chi connectivity index (χ2v) is 7.05. The van der Waals surface area contributed by atoms with Gasteiger partial charge in [-0.05, 0) is 11.6 Å². The Morgan fingerprint density at radius 3 is 2.53 bits per heavy atom. The van der Waals surface area contributed by atoms with Crippen LogP contribution in [-0.2, 0) is 22.7 Å². The third-order valence-corrected chi connectivity index (χ3v) is 4.82. The van der Waals surface area contributed by atoms with Crippen molar-refractivity contribution in [2.45, 2.75) is 19.2 Å². The number of carbonyl (C=O) groups excluding carboxylic acids is 2. The van der Waals surface area contributed by atoms with Crippen LogP contribution in [0.15, 0.2) is 53.3 Å². The van der Waals surface area contributed by atoms with Gasteiger partial charge < -0.3 is 35.4 Å². The van der Waals surface area contributed by atoms with E-state index in [1.807, 2.05) is 6.07 Å². The summed E-state index contributed by atoms with van der Waals surface area (Å²) in [7, 11) is 2.94. The molecule has 1 unspecified atom stereocenters. The number of hydrogen-bond acceptors (Lipinski definition) is 9. The Morgan fingerprint density at radius 1 is 1.12 bits per heavy atom. The smallest absolute Gasteiger partial charge is 0.331 e. The third kappa shape index (κ3) is 5.51. The molecule has 0 fully saturated rings. The molecule has 0 aliphatic carbocycles. The number of nitrogens with zero attached hydrogens (tertiary/aromatic N) is 1. The standard InChI is InChI=1S/C23H24N4O7/c1-32-15-10-6-9-14(19(15)33-2)11-25-21(29)17-18(28)22(30)27-20(26-17)16(24)23(31)34-12-13-7-4-3-5-8-13/h3-10,16,28H,11-12,24H2,1-2H3,(H,25,29)(H,26,27,30). The maximum Gasteiger partial charge on any atom is 0.331 e. The fraction of sp³-hybridized carbons (Fsp3) is 0.217. The highest BCUT2D eigenvalue weighted by Gasteiger charge is 2.25. The van der Waals surface area contributed by atoms with E-state index >= 15 is 0 Å². The molecule has 0 saturated carbocycles. The Morgan fingerprint density at radius 2 is 1.85 bits per heavy atom. The minimum atomic E-state index is -1.48. The monoisotopic (exact) mass is 468 g/mol. The number of aromatic amines is 1. The molecule has 5 N–H and O–H groups in total. The number of amides is 1. The molecule has 1 aromatic heterocycles.